The molecule has 5 rings (SSSR count). The number of nitrogens with zero attached hydrogens (tertiary/aromatic N) is 5. The van der Waals surface area contributed by atoms with Gasteiger partial charge in [0.05, 0.1) is 17.2 Å². The van der Waals surface area contributed by atoms with E-state index in [1.165, 1.54) is 12.8 Å². The summed E-state index contributed by atoms with van der Waals surface area (Å²) in [5.74, 6) is 0.283. The third-order valence-corrected chi connectivity index (χ3v) is 7.56. The first-order chi connectivity index (χ1) is 15.1. The van der Waals surface area contributed by atoms with Crippen molar-refractivity contribution in [3.8, 4) is 0 Å². The number of likely N-dealkylation sites (N-methyl/N-ethyl adjacent to an activating group) is 1. The van der Waals surface area contributed by atoms with Crippen LogP contribution in [0.4, 0.5) is 5.69 Å². The van der Waals surface area contributed by atoms with E-state index < -0.39 is 0 Å². The topological polar surface area (TPSA) is 61.7 Å². The third kappa shape index (κ3) is 4.07. The first-order valence-corrected chi connectivity index (χ1v) is 11.8. The molecule has 0 spiro atoms. The van der Waals surface area contributed by atoms with Crippen LogP contribution in [0.3, 0.4) is 0 Å². The lowest BCUT2D eigenvalue weighted by Crippen LogP contribution is -2.52. The van der Waals surface area contributed by atoms with Gasteiger partial charge in [0, 0.05) is 64.0 Å². The molecule has 3 aliphatic rings. The molecule has 1 aliphatic carbocycles. The van der Waals surface area contributed by atoms with Crippen LogP contribution >= 0.6 is 0 Å². The largest absolute Gasteiger partial charge is 0.369 e. The van der Waals surface area contributed by atoms with Crippen molar-refractivity contribution >= 4 is 22.5 Å². The zero-order chi connectivity index (χ0) is 21.4. The molecule has 2 aromatic rings. The van der Waals surface area contributed by atoms with Gasteiger partial charge in [0.1, 0.15) is 0 Å². The smallest absolute Gasteiger partial charge is 0.261 e. The molecule has 0 N–H and O–H groups in total. The fourth-order valence-corrected chi connectivity index (χ4v) is 5.53. The lowest BCUT2D eigenvalue weighted by Gasteiger charge is -2.40. The van der Waals surface area contributed by atoms with Gasteiger partial charge in [0.25, 0.3) is 5.56 Å². The minimum atomic E-state index is 0.0967. The minimum absolute atomic E-state index is 0.0967. The molecule has 166 valence electrons. The van der Waals surface area contributed by atoms with E-state index in [1.54, 1.807) is 6.33 Å². The monoisotopic (exact) mass is 423 g/mol. The molecule has 1 amide bonds. The number of likely N-dealkylation sites (tertiary alicyclic amines) is 1. The Labute approximate surface area is 183 Å². The molecule has 3 fully saturated rings. The van der Waals surface area contributed by atoms with Gasteiger partial charge in [-0.05, 0) is 43.9 Å². The van der Waals surface area contributed by atoms with E-state index in [4.69, 9.17) is 0 Å². The number of benzene rings is 1. The van der Waals surface area contributed by atoms with Crippen LogP contribution in [-0.2, 0) is 4.79 Å². The van der Waals surface area contributed by atoms with Gasteiger partial charge in [-0.2, -0.15) is 0 Å². The minimum Gasteiger partial charge on any atom is -0.369 e. The van der Waals surface area contributed by atoms with E-state index in [0.717, 1.165) is 75.0 Å². The summed E-state index contributed by atoms with van der Waals surface area (Å²) in [6.45, 7) is 4.86. The Balaban J connectivity index is 1.25. The van der Waals surface area contributed by atoms with E-state index in [0.29, 0.717) is 18.5 Å². The van der Waals surface area contributed by atoms with Crippen molar-refractivity contribution < 1.29 is 4.79 Å². The third-order valence-electron chi connectivity index (χ3n) is 7.56. The van der Waals surface area contributed by atoms with Gasteiger partial charge in [-0.3, -0.25) is 19.1 Å². The molecule has 3 heterocycles. The Morgan fingerprint density at radius 2 is 1.77 bits per heavy atom. The SMILES string of the molecule is CN1C(=O)CCCC1CN1CCN(c2ccc3c(=O)n(C4CCCC4)cnc3c2)CC1. The van der Waals surface area contributed by atoms with Crippen LogP contribution in [0.1, 0.15) is 51.0 Å². The van der Waals surface area contributed by atoms with Crippen molar-refractivity contribution in [1.82, 2.24) is 19.4 Å². The number of fused-ring (bicyclic) bond motifs is 1. The molecule has 1 aromatic heterocycles. The Hall–Kier alpha value is -2.41. The van der Waals surface area contributed by atoms with Crippen molar-refractivity contribution in [2.24, 2.45) is 0 Å². The van der Waals surface area contributed by atoms with Crippen molar-refractivity contribution in [3.63, 3.8) is 0 Å². The maximum atomic E-state index is 13.0. The van der Waals surface area contributed by atoms with Crippen LogP contribution in [0.5, 0.6) is 0 Å². The zero-order valence-corrected chi connectivity index (χ0v) is 18.5. The van der Waals surface area contributed by atoms with Crippen LogP contribution in [-0.4, -0.2) is 71.1 Å². The van der Waals surface area contributed by atoms with Gasteiger partial charge in [-0.25, -0.2) is 4.98 Å². The number of hydrogen-bond acceptors (Lipinski definition) is 5. The van der Waals surface area contributed by atoms with Gasteiger partial charge in [0.15, 0.2) is 0 Å². The molecule has 1 unspecified atom stereocenters. The highest BCUT2D eigenvalue weighted by atomic mass is 16.2. The Morgan fingerprint density at radius 1 is 1.00 bits per heavy atom. The number of hydrogen-bond donors (Lipinski definition) is 0. The van der Waals surface area contributed by atoms with Gasteiger partial charge in [-0.15, -0.1) is 0 Å². The summed E-state index contributed by atoms with van der Waals surface area (Å²) in [6.07, 6.45) is 9.14. The number of anilines is 1. The summed E-state index contributed by atoms with van der Waals surface area (Å²) in [6, 6.07) is 6.77. The second-order valence-electron chi connectivity index (χ2n) is 9.44. The summed E-state index contributed by atoms with van der Waals surface area (Å²) >= 11 is 0. The highest BCUT2D eigenvalue weighted by molar-refractivity contribution is 5.81. The predicted molar refractivity (Wildman–Crippen MR) is 123 cm³/mol. The van der Waals surface area contributed by atoms with Crippen LogP contribution in [0.2, 0.25) is 0 Å². The molecular formula is C24H33N5O2. The van der Waals surface area contributed by atoms with Crippen molar-refractivity contribution in [3.05, 3.63) is 34.9 Å². The molecular weight excluding hydrogens is 390 g/mol. The van der Waals surface area contributed by atoms with Crippen molar-refractivity contribution in [2.75, 3.05) is 44.7 Å². The van der Waals surface area contributed by atoms with E-state index >= 15 is 0 Å². The molecule has 1 saturated carbocycles. The zero-order valence-electron chi connectivity index (χ0n) is 18.5. The van der Waals surface area contributed by atoms with Crippen LogP contribution in [0, 0.1) is 0 Å². The van der Waals surface area contributed by atoms with Crippen molar-refractivity contribution in [2.45, 2.75) is 57.0 Å². The summed E-state index contributed by atoms with van der Waals surface area (Å²) in [5.41, 5.74) is 2.03. The number of piperidine rings is 1. The predicted octanol–water partition coefficient (Wildman–Crippen LogP) is 2.64. The summed E-state index contributed by atoms with van der Waals surface area (Å²) in [7, 11) is 1.95. The second-order valence-corrected chi connectivity index (χ2v) is 9.44. The molecule has 2 saturated heterocycles. The molecule has 7 heteroatoms. The van der Waals surface area contributed by atoms with Crippen molar-refractivity contribution in [1.29, 1.82) is 0 Å². The Bertz CT molecular complexity index is 1000. The number of aromatic nitrogens is 2. The van der Waals surface area contributed by atoms with Crippen LogP contribution in [0.15, 0.2) is 29.3 Å². The van der Waals surface area contributed by atoms with E-state index in [-0.39, 0.29) is 11.5 Å². The molecule has 7 nitrogen and oxygen atoms in total. The first kappa shape index (κ1) is 20.5. The number of amides is 1. The fraction of sp³-hybridized carbons (Fsp3) is 0.625. The van der Waals surface area contributed by atoms with Gasteiger partial charge in [-0.1, -0.05) is 12.8 Å². The van der Waals surface area contributed by atoms with E-state index in [1.807, 2.05) is 22.6 Å². The Kier molecular flexibility index (Phi) is 5.69. The highest BCUT2D eigenvalue weighted by Gasteiger charge is 2.28. The normalized spacial score (nSPS) is 23.8. The lowest BCUT2D eigenvalue weighted by molar-refractivity contribution is -0.135. The maximum absolute atomic E-state index is 13.0. The average Bonchev–Trinajstić information content (AvgIpc) is 3.32. The molecule has 2 aliphatic heterocycles. The van der Waals surface area contributed by atoms with Gasteiger partial charge < -0.3 is 9.80 Å². The van der Waals surface area contributed by atoms with Gasteiger partial charge in [0.2, 0.25) is 5.91 Å². The quantitative estimate of drug-likeness (QED) is 0.757. The molecule has 0 bridgehead atoms. The number of carbonyl (C=O) groups is 1. The lowest BCUT2D eigenvalue weighted by atomic mass is 10.0. The summed E-state index contributed by atoms with van der Waals surface area (Å²) < 4.78 is 1.85. The second kappa shape index (κ2) is 8.61. The number of rotatable bonds is 4. The molecule has 1 aromatic carbocycles. The average molecular weight is 424 g/mol. The Morgan fingerprint density at radius 3 is 2.55 bits per heavy atom. The summed E-state index contributed by atoms with van der Waals surface area (Å²) in [4.78, 5) is 36.4. The molecule has 0 radical (unpaired) electrons. The first-order valence-electron chi connectivity index (χ1n) is 11.8. The fourth-order valence-electron chi connectivity index (χ4n) is 5.53. The van der Waals surface area contributed by atoms with E-state index in [2.05, 4.69) is 26.9 Å². The van der Waals surface area contributed by atoms with Gasteiger partial charge >= 0.3 is 0 Å². The number of carbonyl (C=O) groups excluding carboxylic acids is 1. The van der Waals surface area contributed by atoms with Crippen LogP contribution in [0.25, 0.3) is 10.9 Å². The standard InChI is InChI=1S/C24H33N5O2/c1-26-20(7-4-8-23(26)30)16-27-11-13-28(14-12-27)19-9-10-21-22(15-19)25-17-29(24(21)31)18-5-2-3-6-18/h9-10,15,17-18,20H,2-8,11-14,16H2,1H3. The van der Waals surface area contributed by atoms with Crippen LogP contribution < -0.4 is 10.5 Å². The van der Waals surface area contributed by atoms with E-state index in [9.17, 15) is 9.59 Å². The summed E-state index contributed by atoms with van der Waals surface area (Å²) in [5, 5.41) is 0.724. The molecule has 1 atom stereocenters. The highest BCUT2D eigenvalue weighted by Crippen LogP contribution is 2.29. The maximum Gasteiger partial charge on any atom is 0.261 e. The molecule has 31 heavy (non-hydrogen) atoms. The number of piperazine rings is 1.